The maximum Gasteiger partial charge on any atom is 2.00 e. The molecule has 0 saturated heterocycles. The van der Waals surface area contributed by atoms with Crippen LogP contribution in [-0.4, -0.2) is 49.2 Å². The number of aliphatic imine (C=N–C) groups is 2. The number of ketones is 2. The molecule has 0 N–H and O–H groups in total. The van der Waals surface area contributed by atoms with Gasteiger partial charge in [0.1, 0.15) is 0 Å². The van der Waals surface area contributed by atoms with E-state index < -0.39 is 0 Å². The van der Waals surface area contributed by atoms with Gasteiger partial charge in [0.2, 0.25) is 0 Å². The summed E-state index contributed by atoms with van der Waals surface area (Å²) in [4.78, 5) is 31.9. The van der Waals surface area contributed by atoms with Crippen LogP contribution in [0.3, 0.4) is 0 Å². The van der Waals surface area contributed by atoms with Crippen molar-refractivity contribution in [2.24, 2.45) is 9.98 Å². The summed E-state index contributed by atoms with van der Waals surface area (Å²) >= 11 is 0. The minimum absolute atomic E-state index is 0. The quantitative estimate of drug-likeness (QED) is 0.711. The van der Waals surface area contributed by atoms with Crippen LogP contribution in [0.2, 0.25) is 0 Å². The molecule has 0 spiro atoms. The van der Waals surface area contributed by atoms with Crippen LogP contribution in [0, 0.1) is 0 Å². The molecule has 0 aromatic rings. The third kappa shape index (κ3) is 7.39. The fourth-order valence-corrected chi connectivity index (χ4v) is 1.91. The van der Waals surface area contributed by atoms with E-state index in [1.54, 1.807) is 26.2 Å². The molecule has 1 aliphatic rings. The summed E-state index contributed by atoms with van der Waals surface area (Å²) in [6.45, 7) is 8.37. The molecule has 0 atom stereocenters. The largest absolute Gasteiger partial charge is 2.00 e. The van der Waals surface area contributed by atoms with Gasteiger partial charge >= 0.3 is 17.1 Å². The summed E-state index contributed by atoms with van der Waals surface area (Å²) in [6, 6.07) is 0. The minimum atomic E-state index is -0.0625. The van der Waals surface area contributed by atoms with E-state index in [0.717, 1.165) is 0 Å². The maximum atomic E-state index is 11.6. The number of rotatable bonds is 2. The van der Waals surface area contributed by atoms with Gasteiger partial charge in [-0.3, -0.25) is 19.6 Å². The molecule has 0 amide bonds. The van der Waals surface area contributed by atoms with Gasteiger partial charge in [0.15, 0.2) is 11.6 Å². The first-order valence-electron chi connectivity index (χ1n) is 7.21. The standard InChI is InChI=1S/C16H24N4O2.Fe/c1-11-15(13(3)21)9-17-5-6-18-10-16(14(4)22)12(2)20-8-7-19-11;/h9-10H,5-8H2,1-4H3,(H2,17,18,19,20,21,22);/q;+2/p-2. The molecule has 1 heterocycles. The average Bonchev–Trinajstić information content (AvgIpc) is 2.44. The topological polar surface area (TPSA) is 87.1 Å². The van der Waals surface area contributed by atoms with Crippen molar-refractivity contribution < 1.29 is 26.7 Å². The van der Waals surface area contributed by atoms with Crippen molar-refractivity contribution in [3.8, 4) is 0 Å². The third-order valence-corrected chi connectivity index (χ3v) is 3.14. The van der Waals surface area contributed by atoms with Crippen molar-refractivity contribution in [3.05, 3.63) is 34.2 Å². The molecule has 0 saturated carbocycles. The van der Waals surface area contributed by atoms with Crippen LogP contribution in [0.5, 0.6) is 0 Å². The van der Waals surface area contributed by atoms with E-state index in [4.69, 9.17) is 0 Å². The van der Waals surface area contributed by atoms with Crippen molar-refractivity contribution in [1.29, 1.82) is 0 Å². The van der Waals surface area contributed by atoms with Gasteiger partial charge in [0.25, 0.3) is 0 Å². The van der Waals surface area contributed by atoms with E-state index in [0.29, 0.717) is 48.7 Å². The summed E-state index contributed by atoms with van der Waals surface area (Å²) < 4.78 is 0. The van der Waals surface area contributed by atoms with Gasteiger partial charge in [0.05, 0.1) is 13.1 Å². The molecule has 6 nitrogen and oxygen atoms in total. The molecule has 0 bridgehead atoms. The normalized spacial score (nSPS) is 21.4. The van der Waals surface area contributed by atoms with Gasteiger partial charge in [-0.25, -0.2) is 0 Å². The molecule has 0 aliphatic carbocycles. The monoisotopic (exact) mass is 358 g/mol. The Morgan fingerprint density at radius 1 is 0.870 bits per heavy atom. The van der Waals surface area contributed by atoms with Crippen molar-refractivity contribution >= 4 is 23.0 Å². The van der Waals surface area contributed by atoms with E-state index in [1.165, 1.54) is 13.8 Å². The molecule has 23 heavy (non-hydrogen) atoms. The number of Topliss-reactive ketones (excluding diaryl/α,β-unsaturated/α-hetero) is 2. The molecular formula is C16H22FeN4O2. The number of allylic oxidation sites excluding steroid dienone is 2. The second kappa shape index (κ2) is 10.9. The van der Waals surface area contributed by atoms with E-state index in [-0.39, 0.29) is 28.6 Å². The van der Waals surface area contributed by atoms with E-state index in [9.17, 15) is 9.59 Å². The second-order valence-corrected chi connectivity index (χ2v) is 4.94. The number of nitrogens with zero attached hydrogens (tertiary/aromatic N) is 4. The molecule has 7 heteroatoms. The minimum Gasteiger partial charge on any atom is -0.691 e. The number of carbonyl (C=O) groups is 2. The number of hydrogen-bond acceptors (Lipinski definition) is 4. The Balaban J connectivity index is 0.00000484. The Kier molecular flexibility index (Phi) is 10.1. The molecule has 0 unspecified atom stereocenters. The number of hydrogen-bond donors (Lipinski definition) is 0. The first-order chi connectivity index (χ1) is 10.4. The SMILES string of the molecule is CC(=O)/C1=C\[N-]CC[N-]/C=C(/C(C)=O)C(C)=NCCN=C1C.[Fe+2]. The van der Waals surface area contributed by atoms with Crippen LogP contribution >= 0.6 is 0 Å². The molecule has 0 radical (unpaired) electrons. The summed E-state index contributed by atoms with van der Waals surface area (Å²) in [5.74, 6) is -0.125. The first kappa shape index (κ1) is 21.3. The fraction of sp³-hybridized carbons (Fsp3) is 0.500. The summed E-state index contributed by atoms with van der Waals surface area (Å²) in [6.07, 6.45) is 3.10. The molecule has 126 valence electrons. The van der Waals surface area contributed by atoms with Crippen LogP contribution in [0.25, 0.3) is 10.6 Å². The molecule has 0 fully saturated rings. The van der Waals surface area contributed by atoms with Gasteiger partial charge in [-0.15, -0.1) is 13.1 Å². The van der Waals surface area contributed by atoms with E-state index >= 15 is 0 Å². The van der Waals surface area contributed by atoms with E-state index in [2.05, 4.69) is 20.6 Å². The molecule has 1 rings (SSSR count). The molecule has 1 aliphatic heterocycles. The van der Waals surface area contributed by atoms with Crippen LogP contribution in [-0.2, 0) is 26.7 Å². The van der Waals surface area contributed by atoms with Crippen LogP contribution in [0.1, 0.15) is 27.7 Å². The van der Waals surface area contributed by atoms with E-state index in [1.807, 2.05) is 0 Å². The molecular weight excluding hydrogens is 336 g/mol. The fourth-order valence-electron chi connectivity index (χ4n) is 1.91. The Bertz CT molecular complexity index is 512. The average molecular weight is 358 g/mol. The predicted octanol–water partition coefficient (Wildman–Crippen LogP) is 2.61. The van der Waals surface area contributed by atoms with Crippen molar-refractivity contribution in [1.82, 2.24) is 0 Å². The van der Waals surface area contributed by atoms with Gasteiger partial charge < -0.3 is 10.6 Å². The van der Waals surface area contributed by atoms with Gasteiger partial charge in [0, 0.05) is 22.6 Å². The van der Waals surface area contributed by atoms with Crippen molar-refractivity contribution in [2.75, 3.05) is 26.2 Å². The molecule has 0 aromatic carbocycles. The first-order valence-corrected chi connectivity index (χ1v) is 7.21. The summed E-state index contributed by atoms with van der Waals surface area (Å²) in [5, 5.41) is 8.40. The van der Waals surface area contributed by atoms with Gasteiger partial charge in [-0.2, -0.15) is 12.4 Å². The zero-order valence-corrected chi connectivity index (χ0v) is 15.0. The smallest absolute Gasteiger partial charge is 0.691 e. The van der Waals surface area contributed by atoms with Crippen LogP contribution in [0.15, 0.2) is 33.5 Å². The molecule has 0 aromatic heterocycles. The van der Waals surface area contributed by atoms with Crippen molar-refractivity contribution in [2.45, 2.75) is 27.7 Å². The summed E-state index contributed by atoms with van der Waals surface area (Å²) in [5.41, 5.74) is 2.33. The Labute approximate surface area is 148 Å². The Hall–Kier alpha value is -1.72. The van der Waals surface area contributed by atoms with Gasteiger partial charge in [-0.05, 0) is 27.7 Å². The second-order valence-electron chi connectivity index (χ2n) is 4.94. The van der Waals surface area contributed by atoms with Crippen molar-refractivity contribution in [3.63, 3.8) is 0 Å². The van der Waals surface area contributed by atoms with Gasteiger partial charge in [-0.1, -0.05) is 0 Å². The van der Waals surface area contributed by atoms with Crippen LogP contribution in [0.4, 0.5) is 0 Å². The Morgan fingerprint density at radius 3 is 1.52 bits per heavy atom. The zero-order chi connectivity index (χ0) is 16.5. The zero-order valence-electron chi connectivity index (χ0n) is 13.9. The Morgan fingerprint density at radius 2 is 1.22 bits per heavy atom. The maximum absolute atomic E-state index is 11.6. The summed E-state index contributed by atoms with van der Waals surface area (Å²) in [7, 11) is 0. The third-order valence-electron chi connectivity index (χ3n) is 3.14. The predicted molar refractivity (Wildman–Crippen MR) is 89.9 cm³/mol. The number of carbonyl (C=O) groups excluding carboxylic acids is 2. The van der Waals surface area contributed by atoms with Crippen LogP contribution < -0.4 is 0 Å².